The van der Waals surface area contributed by atoms with Crippen molar-refractivity contribution in [3.8, 4) is 11.5 Å². The van der Waals surface area contributed by atoms with Gasteiger partial charge in [0.15, 0.2) is 16.6 Å². The van der Waals surface area contributed by atoms with Crippen molar-refractivity contribution in [2.24, 2.45) is 5.92 Å². The van der Waals surface area contributed by atoms with Crippen LogP contribution in [0.4, 0.5) is 5.69 Å². The minimum atomic E-state index is -0.559. The van der Waals surface area contributed by atoms with Crippen molar-refractivity contribution < 1.29 is 19.2 Å². The Hall–Kier alpha value is -3.20. The number of nitro benzene ring substituents is 1. The molecule has 2 aromatic carbocycles. The molecule has 0 bridgehead atoms. The van der Waals surface area contributed by atoms with Gasteiger partial charge in [0, 0.05) is 24.2 Å². The molecule has 0 radical (unpaired) electrons. The highest BCUT2D eigenvalue weighted by Crippen LogP contribution is 2.28. The Bertz CT molecular complexity index is 917. The largest absolute Gasteiger partial charge is 0.493 e. The fourth-order valence-corrected chi connectivity index (χ4v) is 2.67. The summed E-state index contributed by atoms with van der Waals surface area (Å²) < 4.78 is 11.2. The maximum absolute atomic E-state index is 12.2. The molecule has 0 saturated heterocycles. The number of benzene rings is 2. The Morgan fingerprint density at radius 2 is 1.97 bits per heavy atom. The van der Waals surface area contributed by atoms with E-state index < -0.39 is 10.8 Å². The number of carbonyl (C=O) groups is 1. The standard InChI is InChI=1S/C21H25N3O5S/c1-14(2)9-10-29-18-8-7-15(11-19(18)28-3)13-22-21(30)23-20(25)16-5-4-6-17(12-16)24(26)27/h4-8,11-12,14H,9-10,13H2,1-3H3,(H2,22,23,25,30). The van der Waals surface area contributed by atoms with Gasteiger partial charge in [-0.3, -0.25) is 20.2 Å². The molecule has 160 valence electrons. The number of hydrogen-bond donors (Lipinski definition) is 2. The molecule has 2 N–H and O–H groups in total. The number of methoxy groups -OCH3 is 1. The van der Waals surface area contributed by atoms with E-state index in [9.17, 15) is 14.9 Å². The topological polar surface area (TPSA) is 103 Å². The fourth-order valence-electron chi connectivity index (χ4n) is 2.51. The predicted octanol–water partition coefficient (Wildman–Crippen LogP) is 3.83. The number of nitro groups is 1. The summed E-state index contributed by atoms with van der Waals surface area (Å²) in [6.07, 6.45) is 0.949. The Labute approximate surface area is 180 Å². The number of thiocarbonyl (C=S) groups is 1. The first-order valence-corrected chi connectivity index (χ1v) is 9.84. The number of hydrogen-bond acceptors (Lipinski definition) is 6. The van der Waals surface area contributed by atoms with Crippen LogP contribution in [0.2, 0.25) is 0 Å². The molecule has 0 atom stereocenters. The van der Waals surface area contributed by atoms with E-state index in [1.807, 2.05) is 18.2 Å². The quantitative estimate of drug-likeness (QED) is 0.353. The first kappa shape index (κ1) is 23.1. The molecule has 0 saturated carbocycles. The smallest absolute Gasteiger partial charge is 0.270 e. The Kier molecular flexibility index (Phi) is 8.54. The SMILES string of the molecule is COc1cc(CNC(=S)NC(=O)c2cccc([N+](=O)[O-])c2)ccc1OCCC(C)C. The van der Waals surface area contributed by atoms with E-state index in [1.54, 1.807) is 7.11 Å². The monoisotopic (exact) mass is 431 g/mol. The molecule has 0 aliphatic carbocycles. The van der Waals surface area contributed by atoms with Crippen LogP contribution in [0.15, 0.2) is 42.5 Å². The summed E-state index contributed by atoms with van der Waals surface area (Å²) >= 11 is 5.15. The van der Waals surface area contributed by atoms with Crippen molar-refractivity contribution in [1.82, 2.24) is 10.6 Å². The predicted molar refractivity (Wildman–Crippen MR) is 118 cm³/mol. The number of carbonyl (C=O) groups excluding carboxylic acids is 1. The molecule has 30 heavy (non-hydrogen) atoms. The highest BCUT2D eigenvalue weighted by Gasteiger charge is 2.13. The van der Waals surface area contributed by atoms with Gasteiger partial charge in [-0.1, -0.05) is 26.0 Å². The van der Waals surface area contributed by atoms with Gasteiger partial charge >= 0.3 is 0 Å². The summed E-state index contributed by atoms with van der Waals surface area (Å²) in [5, 5.41) is 16.4. The van der Waals surface area contributed by atoms with E-state index in [0.717, 1.165) is 12.0 Å². The maximum atomic E-state index is 12.2. The third kappa shape index (κ3) is 7.00. The lowest BCUT2D eigenvalue weighted by atomic mass is 10.1. The zero-order valence-electron chi connectivity index (χ0n) is 17.1. The van der Waals surface area contributed by atoms with E-state index in [2.05, 4.69) is 24.5 Å². The van der Waals surface area contributed by atoms with Crippen LogP contribution in [0.25, 0.3) is 0 Å². The summed E-state index contributed by atoms with van der Waals surface area (Å²) in [7, 11) is 1.58. The molecular formula is C21H25N3O5S. The third-order valence-corrected chi connectivity index (χ3v) is 4.43. The average Bonchev–Trinajstić information content (AvgIpc) is 2.72. The summed E-state index contributed by atoms with van der Waals surface area (Å²) in [5.74, 6) is 1.31. The molecule has 8 nitrogen and oxygen atoms in total. The van der Waals surface area contributed by atoms with Crippen molar-refractivity contribution in [3.05, 3.63) is 63.7 Å². The average molecular weight is 432 g/mol. The van der Waals surface area contributed by atoms with Gasteiger partial charge in [0.25, 0.3) is 11.6 Å². The second-order valence-electron chi connectivity index (χ2n) is 6.96. The minimum Gasteiger partial charge on any atom is -0.493 e. The number of amides is 1. The number of ether oxygens (including phenoxy) is 2. The van der Waals surface area contributed by atoms with Crippen molar-refractivity contribution in [1.29, 1.82) is 0 Å². The van der Waals surface area contributed by atoms with Crippen molar-refractivity contribution >= 4 is 28.9 Å². The Morgan fingerprint density at radius 1 is 1.20 bits per heavy atom. The maximum Gasteiger partial charge on any atom is 0.270 e. The van der Waals surface area contributed by atoms with E-state index in [1.165, 1.54) is 24.3 Å². The minimum absolute atomic E-state index is 0.114. The van der Waals surface area contributed by atoms with E-state index >= 15 is 0 Å². The third-order valence-electron chi connectivity index (χ3n) is 4.18. The molecular weight excluding hydrogens is 406 g/mol. The van der Waals surface area contributed by atoms with Gasteiger partial charge in [-0.05, 0) is 48.3 Å². The molecule has 2 rings (SSSR count). The molecule has 0 aliphatic rings. The van der Waals surface area contributed by atoms with Gasteiger partial charge in [0.2, 0.25) is 0 Å². The lowest BCUT2D eigenvalue weighted by molar-refractivity contribution is -0.384. The first-order valence-electron chi connectivity index (χ1n) is 9.43. The van der Waals surface area contributed by atoms with Crippen LogP contribution in [0.3, 0.4) is 0 Å². The number of nitrogens with one attached hydrogen (secondary N) is 2. The van der Waals surface area contributed by atoms with Crippen molar-refractivity contribution in [3.63, 3.8) is 0 Å². The molecule has 0 heterocycles. The molecule has 2 aromatic rings. The summed E-state index contributed by atoms with van der Waals surface area (Å²) in [4.78, 5) is 22.5. The van der Waals surface area contributed by atoms with Gasteiger partial charge in [0.1, 0.15) is 0 Å². The van der Waals surface area contributed by atoms with Gasteiger partial charge < -0.3 is 14.8 Å². The van der Waals surface area contributed by atoms with Crippen LogP contribution in [0, 0.1) is 16.0 Å². The summed E-state index contributed by atoms with van der Waals surface area (Å²) in [6.45, 7) is 5.24. The molecule has 1 amide bonds. The zero-order valence-corrected chi connectivity index (χ0v) is 18.0. The van der Waals surface area contributed by atoms with Crippen LogP contribution in [0.1, 0.15) is 36.2 Å². The first-order chi connectivity index (χ1) is 14.3. The number of nitrogens with zero attached hydrogens (tertiary/aromatic N) is 1. The fraction of sp³-hybridized carbons (Fsp3) is 0.333. The summed E-state index contributed by atoms with van der Waals surface area (Å²) in [5.41, 5.74) is 0.872. The van der Waals surface area contributed by atoms with Gasteiger partial charge in [-0.15, -0.1) is 0 Å². The van der Waals surface area contributed by atoms with Crippen LogP contribution >= 0.6 is 12.2 Å². The molecule has 0 unspecified atom stereocenters. The second kappa shape index (κ2) is 11.1. The molecule has 0 fully saturated rings. The lowest BCUT2D eigenvalue weighted by Crippen LogP contribution is -2.38. The molecule has 0 aliphatic heterocycles. The molecule has 0 spiro atoms. The lowest BCUT2D eigenvalue weighted by Gasteiger charge is -2.14. The Morgan fingerprint density at radius 3 is 2.63 bits per heavy atom. The van der Waals surface area contributed by atoms with Crippen LogP contribution in [-0.4, -0.2) is 29.7 Å². The van der Waals surface area contributed by atoms with E-state index in [4.69, 9.17) is 21.7 Å². The van der Waals surface area contributed by atoms with Crippen LogP contribution < -0.4 is 20.1 Å². The van der Waals surface area contributed by atoms with Gasteiger partial charge in [0.05, 0.1) is 18.6 Å². The summed E-state index contributed by atoms with van der Waals surface area (Å²) in [6, 6.07) is 11.0. The van der Waals surface area contributed by atoms with E-state index in [0.29, 0.717) is 30.6 Å². The zero-order chi connectivity index (χ0) is 22.1. The van der Waals surface area contributed by atoms with Crippen molar-refractivity contribution in [2.75, 3.05) is 13.7 Å². The normalized spacial score (nSPS) is 10.4. The highest BCUT2D eigenvalue weighted by atomic mass is 32.1. The van der Waals surface area contributed by atoms with Crippen LogP contribution in [0.5, 0.6) is 11.5 Å². The second-order valence-corrected chi connectivity index (χ2v) is 7.37. The molecule has 0 aromatic heterocycles. The number of rotatable bonds is 9. The number of non-ortho nitro benzene ring substituents is 1. The highest BCUT2D eigenvalue weighted by molar-refractivity contribution is 7.80. The van der Waals surface area contributed by atoms with E-state index in [-0.39, 0.29) is 16.4 Å². The van der Waals surface area contributed by atoms with Crippen LogP contribution in [-0.2, 0) is 6.54 Å². The van der Waals surface area contributed by atoms with Crippen molar-refractivity contribution in [2.45, 2.75) is 26.8 Å². The van der Waals surface area contributed by atoms with Gasteiger partial charge in [-0.25, -0.2) is 0 Å². The van der Waals surface area contributed by atoms with Gasteiger partial charge in [-0.2, -0.15) is 0 Å². The molecule has 9 heteroatoms. The Balaban J connectivity index is 1.91.